The quantitative estimate of drug-likeness (QED) is 0.865. The van der Waals surface area contributed by atoms with Gasteiger partial charge in [-0.2, -0.15) is 0 Å². The Balaban J connectivity index is 2.17. The number of hydrogen-bond acceptors (Lipinski definition) is 5. The molecule has 0 aliphatic rings. The fraction of sp³-hybridized carbons (Fsp3) is 0.545. The lowest BCUT2D eigenvalue weighted by molar-refractivity contribution is 0.0737. The molecule has 6 heteroatoms. The monoisotopic (exact) mass is 236 g/mol. The first kappa shape index (κ1) is 11.8. The summed E-state index contributed by atoms with van der Waals surface area (Å²) in [6.45, 7) is 7.51. The maximum absolute atomic E-state index is 9.76. The van der Waals surface area contributed by atoms with Crippen molar-refractivity contribution < 1.29 is 9.52 Å². The van der Waals surface area contributed by atoms with Gasteiger partial charge in [-0.05, 0) is 27.7 Å². The molecule has 0 unspecified atom stereocenters. The number of aliphatic hydroxyl groups is 1. The van der Waals surface area contributed by atoms with Gasteiger partial charge in [0.15, 0.2) is 0 Å². The fourth-order valence-corrected chi connectivity index (χ4v) is 1.40. The molecule has 0 atom stereocenters. The SMILES string of the molecule is Cc1nc(Cn2cc(C(C)(C)O)nn2)oc1C. The highest BCUT2D eigenvalue weighted by molar-refractivity contribution is 5.06. The summed E-state index contributed by atoms with van der Waals surface area (Å²) >= 11 is 0. The van der Waals surface area contributed by atoms with E-state index in [1.54, 1.807) is 24.7 Å². The number of nitrogens with zero attached hydrogens (tertiary/aromatic N) is 4. The minimum Gasteiger partial charge on any atom is -0.444 e. The van der Waals surface area contributed by atoms with E-state index in [0.29, 0.717) is 18.1 Å². The third-order valence-corrected chi connectivity index (χ3v) is 2.54. The normalized spacial score (nSPS) is 12.1. The Morgan fingerprint density at radius 2 is 2.12 bits per heavy atom. The average Bonchev–Trinajstić information content (AvgIpc) is 2.75. The number of hydrogen-bond donors (Lipinski definition) is 1. The van der Waals surface area contributed by atoms with Crippen molar-refractivity contribution in [3.63, 3.8) is 0 Å². The third kappa shape index (κ3) is 2.52. The van der Waals surface area contributed by atoms with Gasteiger partial charge in [0.05, 0.1) is 11.9 Å². The van der Waals surface area contributed by atoms with Crippen LogP contribution in [0.1, 0.15) is 36.9 Å². The lowest BCUT2D eigenvalue weighted by Crippen LogP contribution is -2.15. The van der Waals surface area contributed by atoms with E-state index in [4.69, 9.17) is 4.42 Å². The van der Waals surface area contributed by atoms with Crippen LogP contribution in [0.3, 0.4) is 0 Å². The van der Waals surface area contributed by atoms with Gasteiger partial charge in [-0.25, -0.2) is 9.67 Å². The molecule has 0 amide bonds. The van der Waals surface area contributed by atoms with E-state index in [2.05, 4.69) is 15.3 Å². The Hall–Kier alpha value is -1.69. The molecule has 2 rings (SSSR count). The summed E-state index contributed by atoms with van der Waals surface area (Å²) in [7, 11) is 0. The molecule has 0 spiro atoms. The zero-order valence-electron chi connectivity index (χ0n) is 10.4. The number of aromatic nitrogens is 4. The first-order valence-corrected chi connectivity index (χ1v) is 5.42. The molecule has 92 valence electrons. The predicted octanol–water partition coefficient (Wildman–Crippen LogP) is 1.16. The summed E-state index contributed by atoms with van der Waals surface area (Å²) in [5.41, 5.74) is 0.418. The van der Waals surface area contributed by atoms with Crippen LogP contribution >= 0.6 is 0 Å². The summed E-state index contributed by atoms with van der Waals surface area (Å²) in [5.74, 6) is 1.40. The Labute approximate surface area is 99.3 Å². The number of oxazole rings is 1. The molecular weight excluding hydrogens is 220 g/mol. The van der Waals surface area contributed by atoms with Gasteiger partial charge < -0.3 is 9.52 Å². The van der Waals surface area contributed by atoms with Crippen LogP contribution in [0.4, 0.5) is 0 Å². The summed E-state index contributed by atoms with van der Waals surface area (Å²) in [6.07, 6.45) is 1.69. The molecule has 17 heavy (non-hydrogen) atoms. The van der Waals surface area contributed by atoms with Crippen LogP contribution in [0.25, 0.3) is 0 Å². The van der Waals surface area contributed by atoms with Crippen molar-refractivity contribution in [2.24, 2.45) is 0 Å². The van der Waals surface area contributed by atoms with Crippen molar-refractivity contribution in [2.45, 2.75) is 39.8 Å². The van der Waals surface area contributed by atoms with Gasteiger partial charge in [0, 0.05) is 0 Å². The zero-order valence-corrected chi connectivity index (χ0v) is 10.4. The molecule has 1 N–H and O–H groups in total. The van der Waals surface area contributed by atoms with E-state index in [1.807, 2.05) is 13.8 Å². The van der Waals surface area contributed by atoms with Gasteiger partial charge in [0.25, 0.3) is 0 Å². The van der Waals surface area contributed by atoms with Crippen LogP contribution in [0.2, 0.25) is 0 Å². The highest BCUT2D eigenvalue weighted by Crippen LogP contribution is 2.16. The van der Waals surface area contributed by atoms with Crippen LogP contribution in [-0.2, 0) is 12.1 Å². The highest BCUT2D eigenvalue weighted by atomic mass is 16.4. The molecule has 0 fully saturated rings. The van der Waals surface area contributed by atoms with E-state index in [-0.39, 0.29) is 0 Å². The van der Waals surface area contributed by atoms with E-state index in [0.717, 1.165) is 11.5 Å². The molecule has 6 nitrogen and oxygen atoms in total. The average molecular weight is 236 g/mol. The molecule has 2 aromatic rings. The Kier molecular flexibility index (Phi) is 2.74. The van der Waals surface area contributed by atoms with Gasteiger partial charge in [-0.3, -0.25) is 0 Å². The second-order valence-corrected chi connectivity index (χ2v) is 4.61. The summed E-state index contributed by atoms with van der Waals surface area (Å²) in [4.78, 5) is 4.26. The molecular formula is C11H16N4O2. The topological polar surface area (TPSA) is 77.0 Å². The molecule has 2 heterocycles. The summed E-state index contributed by atoms with van der Waals surface area (Å²) in [6, 6.07) is 0. The summed E-state index contributed by atoms with van der Waals surface area (Å²) < 4.78 is 7.05. The smallest absolute Gasteiger partial charge is 0.216 e. The lowest BCUT2D eigenvalue weighted by atomic mass is 10.1. The molecule has 0 aliphatic carbocycles. The van der Waals surface area contributed by atoms with E-state index in [9.17, 15) is 5.11 Å². The molecule has 0 aliphatic heterocycles. The predicted molar refractivity (Wildman–Crippen MR) is 60.3 cm³/mol. The van der Waals surface area contributed by atoms with Crippen molar-refractivity contribution in [3.05, 3.63) is 29.2 Å². The Morgan fingerprint density at radius 3 is 2.59 bits per heavy atom. The Bertz CT molecular complexity index is 502. The summed E-state index contributed by atoms with van der Waals surface area (Å²) in [5, 5.41) is 17.6. The largest absolute Gasteiger partial charge is 0.444 e. The molecule has 0 bridgehead atoms. The minimum absolute atomic E-state index is 0.414. The molecule has 0 saturated heterocycles. The number of rotatable bonds is 3. The molecule has 2 aromatic heterocycles. The second kappa shape index (κ2) is 3.96. The maximum atomic E-state index is 9.76. The van der Waals surface area contributed by atoms with Gasteiger partial charge in [-0.1, -0.05) is 5.21 Å². The van der Waals surface area contributed by atoms with Crippen molar-refractivity contribution in [1.82, 2.24) is 20.0 Å². The van der Waals surface area contributed by atoms with Crippen LogP contribution in [-0.4, -0.2) is 25.1 Å². The molecule has 0 aromatic carbocycles. The fourth-order valence-electron chi connectivity index (χ4n) is 1.40. The second-order valence-electron chi connectivity index (χ2n) is 4.61. The van der Waals surface area contributed by atoms with Gasteiger partial charge in [0.2, 0.25) is 5.89 Å². The van der Waals surface area contributed by atoms with Gasteiger partial charge >= 0.3 is 0 Å². The lowest BCUT2D eigenvalue weighted by Gasteiger charge is -2.11. The van der Waals surface area contributed by atoms with Crippen molar-refractivity contribution in [1.29, 1.82) is 0 Å². The van der Waals surface area contributed by atoms with Crippen molar-refractivity contribution in [2.75, 3.05) is 0 Å². The van der Waals surface area contributed by atoms with Crippen LogP contribution in [0.15, 0.2) is 10.6 Å². The van der Waals surface area contributed by atoms with Crippen molar-refractivity contribution >= 4 is 0 Å². The van der Waals surface area contributed by atoms with Crippen LogP contribution in [0, 0.1) is 13.8 Å². The standard InChI is InChI=1S/C11H16N4O2/c1-7-8(2)17-10(12-7)6-15-5-9(13-14-15)11(3,4)16/h5,16H,6H2,1-4H3. The van der Waals surface area contributed by atoms with Gasteiger partial charge in [-0.15, -0.1) is 5.10 Å². The molecule has 0 radical (unpaired) electrons. The maximum Gasteiger partial charge on any atom is 0.216 e. The zero-order chi connectivity index (χ0) is 12.6. The van der Waals surface area contributed by atoms with Gasteiger partial charge in [0.1, 0.15) is 23.6 Å². The third-order valence-electron chi connectivity index (χ3n) is 2.54. The minimum atomic E-state index is -0.985. The van der Waals surface area contributed by atoms with Crippen molar-refractivity contribution in [3.8, 4) is 0 Å². The van der Waals surface area contributed by atoms with E-state index >= 15 is 0 Å². The van der Waals surface area contributed by atoms with Crippen LogP contribution in [0.5, 0.6) is 0 Å². The van der Waals surface area contributed by atoms with E-state index in [1.165, 1.54) is 0 Å². The number of aryl methyl sites for hydroxylation is 2. The first-order chi connectivity index (χ1) is 7.86. The van der Waals surface area contributed by atoms with Crippen LogP contribution < -0.4 is 0 Å². The molecule has 0 saturated carbocycles. The Morgan fingerprint density at radius 1 is 1.41 bits per heavy atom. The van der Waals surface area contributed by atoms with E-state index < -0.39 is 5.60 Å². The first-order valence-electron chi connectivity index (χ1n) is 5.42. The highest BCUT2D eigenvalue weighted by Gasteiger charge is 2.20.